The highest BCUT2D eigenvalue weighted by molar-refractivity contribution is 5.99. The summed E-state index contributed by atoms with van der Waals surface area (Å²) < 4.78 is 25.4. The average Bonchev–Trinajstić information content (AvgIpc) is 4.09. The average molecular weight is 907 g/mol. The summed E-state index contributed by atoms with van der Waals surface area (Å²) in [6.45, 7) is 5.85. The van der Waals surface area contributed by atoms with Gasteiger partial charge in [0.25, 0.3) is 11.9 Å². The van der Waals surface area contributed by atoms with Crippen molar-refractivity contribution >= 4 is 57.7 Å². The van der Waals surface area contributed by atoms with E-state index in [2.05, 4.69) is 60.7 Å². The van der Waals surface area contributed by atoms with E-state index in [4.69, 9.17) is 35.2 Å². The summed E-state index contributed by atoms with van der Waals surface area (Å²) in [7, 11) is 0. The number of benzene rings is 1. The van der Waals surface area contributed by atoms with Crippen LogP contribution in [-0.4, -0.2) is 155 Å². The number of aromatic nitrogens is 12. The van der Waals surface area contributed by atoms with Crippen molar-refractivity contribution in [3.63, 3.8) is 0 Å². The number of aliphatic hydroxyl groups is 1. The summed E-state index contributed by atoms with van der Waals surface area (Å²) in [5.41, 5.74) is 16.6. The van der Waals surface area contributed by atoms with Gasteiger partial charge in [0.05, 0.1) is 75.8 Å². The van der Waals surface area contributed by atoms with Crippen molar-refractivity contribution in [1.29, 1.82) is 0 Å². The summed E-state index contributed by atoms with van der Waals surface area (Å²) in [6, 6.07) is 5.58. The molecule has 0 aliphatic carbocycles. The van der Waals surface area contributed by atoms with Crippen LogP contribution in [0.3, 0.4) is 0 Å². The van der Waals surface area contributed by atoms with E-state index in [0.717, 1.165) is 18.4 Å². The van der Waals surface area contributed by atoms with Crippen LogP contribution in [0, 0.1) is 0 Å². The molecule has 25 nitrogen and oxygen atoms in total. The number of nitrogens with one attached hydrogen (secondary N) is 2. The van der Waals surface area contributed by atoms with Gasteiger partial charge in [-0.3, -0.25) is 9.59 Å². The summed E-state index contributed by atoms with van der Waals surface area (Å²) in [6.07, 6.45) is 11.1. The molecule has 1 aliphatic rings. The molecule has 1 saturated heterocycles. The highest BCUT2D eigenvalue weighted by Gasteiger charge is 2.22. The molecule has 2 amide bonds. The van der Waals surface area contributed by atoms with Crippen LogP contribution >= 0.6 is 0 Å². The Bertz CT molecular complexity index is 2680. The number of piperazine rings is 1. The third-order valence-corrected chi connectivity index (χ3v) is 10.4. The molecular weight excluding hydrogens is 857 g/mol. The Morgan fingerprint density at radius 1 is 0.803 bits per heavy atom. The fourth-order valence-electron chi connectivity index (χ4n) is 7.03. The van der Waals surface area contributed by atoms with E-state index >= 15 is 0 Å². The first-order chi connectivity index (χ1) is 32.3. The number of rotatable bonds is 23. The summed E-state index contributed by atoms with van der Waals surface area (Å²) in [5, 5.41) is 28.2. The number of unbranched alkanes of at least 4 members (excludes halogenated alkanes) is 1. The van der Waals surface area contributed by atoms with E-state index in [-0.39, 0.29) is 37.5 Å². The number of anilines is 4. The van der Waals surface area contributed by atoms with Gasteiger partial charge >= 0.3 is 0 Å². The number of ether oxygens (including phenoxy) is 3. The predicted octanol–water partition coefficient (Wildman–Crippen LogP) is 0.545. The van der Waals surface area contributed by atoms with Crippen LogP contribution in [0.2, 0.25) is 0 Å². The largest absolute Gasteiger partial charge is 0.424 e. The van der Waals surface area contributed by atoms with Crippen LogP contribution in [0.15, 0.2) is 59.9 Å². The fraction of sp³-hybridized carbons (Fsp3) is 0.415. The highest BCUT2D eigenvalue weighted by atomic mass is 16.5. The molecule has 1 fully saturated rings. The molecule has 25 heteroatoms. The molecule has 0 radical (unpaired) electrons. The van der Waals surface area contributed by atoms with Gasteiger partial charge in [-0.1, -0.05) is 5.21 Å². The summed E-state index contributed by atoms with van der Waals surface area (Å²) in [5.74, 6) is 1.08. The number of amides is 2. The van der Waals surface area contributed by atoms with E-state index in [9.17, 15) is 14.7 Å². The van der Waals surface area contributed by atoms with Crippen molar-refractivity contribution < 1.29 is 33.3 Å². The minimum absolute atomic E-state index is 0.0878. The minimum atomic E-state index is -0.293. The molecule has 0 bridgehead atoms. The van der Waals surface area contributed by atoms with Gasteiger partial charge in [0.1, 0.15) is 34.7 Å². The van der Waals surface area contributed by atoms with Crippen molar-refractivity contribution in [2.75, 3.05) is 100 Å². The van der Waals surface area contributed by atoms with Crippen LogP contribution in [0.25, 0.3) is 39.1 Å². The number of aryl methyl sites for hydroxylation is 1. The number of hydrogen-bond donors (Lipinski definition) is 5. The van der Waals surface area contributed by atoms with E-state index < -0.39 is 0 Å². The molecule has 0 atom stereocenters. The lowest BCUT2D eigenvalue weighted by molar-refractivity contribution is -0.122. The normalized spacial score (nSPS) is 12.9. The second kappa shape index (κ2) is 21.9. The number of nitrogens with zero attached hydrogens (tertiary/aromatic N) is 14. The van der Waals surface area contributed by atoms with Gasteiger partial charge in [0.2, 0.25) is 17.8 Å². The second-order valence-corrected chi connectivity index (χ2v) is 15.0. The van der Waals surface area contributed by atoms with Crippen LogP contribution in [0.1, 0.15) is 35.3 Å². The zero-order valence-corrected chi connectivity index (χ0v) is 36.0. The maximum absolute atomic E-state index is 12.6. The van der Waals surface area contributed by atoms with Gasteiger partial charge in [-0.15, -0.1) is 5.10 Å². The van der Waals surface area contributed by atoms with E-state index in [1.54, 1.807) is 29.3 Å². The standard InChI is InChI=1S/C41H50N18O7/c42-36-34-35(27-3-4-32-31(19-27)52-39(43)66-32)54-58(37(34)51-26-50-36)8-2-1-6-44-33(61)5-13-63-15-17-65-18-16-64-14-7-45-38(62)28-20-46-40(47-21-28)56-9-11-57(12-10-56)41-48-22-30(23-49-41)59-24-29(25-60)53-55-59/h3-4,19-24,26,60H,1-2,5-18,25H2,(H2,43,52)(H,44,61)(H,45,62)(H2,42,50,51). The number of nitrogens with two attached hydrogens (primary N) is 2. The van der Waals surface area contributed by atoms with Gasteiger partial charge in [-0.2, -0.15) is 10.1 Å². The smallest absolute Gasteiger partial charge is 0.292 e. The molecule has 6 aromatic heterocycles. The summed E-state index contributed by atoms with van der Waals surface area (Å²) in [4.78, 5) is 59.7. The fourth-order valence-corrected chi connectivity index (χ4v) is 7.03. The number of hydrogen-bond acceptors (Lipinski definition) is 21. The molecule has 7 heterocycles. The van der Waals surface area contributed by atoms with Gasteiger partial charge in [-0.25, -0.2) is 39.3 Å². The topological polar surface area (TPSA) is 317 Å². The number of fused-ring (bicyclic) bond motifs is 2. The minimum Gasteiger partial charge on any atom is -0.424 e. The van der Waals surface area contributed by atoms with Crippen LogP contribution in [-0.2, 0) is 32.2 Å². The van der Waals surface area contributed by atoms with Gasteiger partial charge in [-0.05, 0) is 31.0 Å². The molecular formula is C41H50N18O7. The quantitative estimate of drug-likeness (QED) is 0.0547. The molecule has 0 unspecified atom stereocenters. The van der Waals surface area contributed by atoms with Crippen LogP contribution in [0.4, 0.5) is 23.7 Å². The van der Waals surface area contributed by atoms with E-state index in [0.29, 0.717) is 141 Å². The van der Waals surface area contributed by atoms with E-state index in [1.165, 1.54) is 23.4 Å². The van der Waals surface area contributed by atoms with Crippen molar-refractivity contribution in [3.8, 4) is 16.9 Å². The molecule has 346 valence electrons. The second-order valence-electron chi connectivity index (χ2n) is 15.0. The number of nitrogen functional groups attached to an aromatic ring is 2. The van der Waals surface area contributed by atoms with Gasteiger partial charge < -0.3 is 55.6 Å². The molecule has 8 rings (SSSR count). The van der Waals surface area contributed by atoms with Gasteiger partial charge in [0.15, 0.2) is 11.2 Å². The lowest BCUT2D eigenvalue weighted by Crippen LogP contribution is -2.47. The maximum atomic E-state index is 12.6. The Morgan fingerprint density at radius 2 is 1.50 bits per heavy atom. The number of aliphatic hydroxyl groups excluding tert-OH is 1. The Kier molecular flexibility index (Phi) is 15.0. The number of carbonyl (C=O) groups excluding carboxylic acids is 2. The van der Waals surface area contributed by atoms with E-state index in [1.807, 2.05) is 17.0 Å². The monoisotopic (exact) mass is 906 g/mol. The molecule has 1 aromatic carbocycles. The van der Waals surface area contributed by atoms with Crippen LogP contribution < -0.4 is 31.9 Å². The summed E-state index contributed by atoms with van der Waals surface area (Å²) >= 11 is 0. The Morgan fingerprint density at radius 3 is 2.21 bits per heavy atom. The number of oxazole rings is 1. The molecule has 7 aromatic rings. The van der Waals surface area contributed by atoms with Gasteiger partial charge in [0, 0.05) is 70.2 Å². The third-order valence-electron chi connectivity index (χ3n) is 10.4. The van der Waals surface area contributed by atoms with Crippen molar-refractivity contribution in [2.24, 2.45) is 0 Å². The van der Waals surface area contributed by atoms with Crippen molar-refractivity contribution in [3.05, 3.63) is 66.8 Å². The van der Waals surface area contributed by atoms with Crippen molar-refractivity contribution in [1.82, 2.24) is 70.3 Å². The lowest BCUT2D eigenvalue weighted by Gasteiger charge is -2.34. The Balaban J connectivity index is 0.624. The SMILES string of the molecule is Nc1nc2cc(-c3nn(CCCCNC(=O)CCOCCOCCOCCNC(=O)c4cnc(N5CCN(c6ncc(-n7cc(CO)nn7)cn6)CC5)nc4)c4ncnc(N)c34)ccc2o1. The Labute approximate surface area is 376 Å². The third kappa shape index (κ3) is 11.4. The molecule has 7 N–H and O–H groups in total. The van der Waals surface area contributed by atoms with Crippen LogP contribution in [0.5, 0.6) is 0 Å². The first kappa shape index (κ1) is 45.1. The highest BCUT2D eigenvalue weighted by Crippen LogP contribution is 2.32. The molecule has 0 saturated carbocycles. The van der Waals surface area contributed by atoms with Crippen molar-refractivity contribution in [2.45, 2.75) is 32.4 Å². The lowest BCUT2D eigenvalue weighted by atomic mass is 10.1. The first-order valence-corrected chi connectivity index (χ1v) is 21.4. The zero-order chi connectivity index (χ0) is 45.7. The Hall–Kier alpha value is -7.48. The predicted molar refractivity (Wildman–Crippen MR) is 238 cm³/mol. The molecule has 0 spiro atoms. The zero-order valence-electron chi connectivity index (χ0n) is 36.0. The maximum Gasteiger partial charge on any atom is 0.292 e. The number of carbonyl (C=O) groups is 2. The molecule has 1 aliphatic heterocycles. The molecule has 66 heavy (non-hydrogen) atoms. The first-order valence-electron chi connectivity index (χ1n) is 21.4.